The van der Waals surface area contributed by atoms with E-state index in [4.69, 9.17) is 11.6 Å². The molecule has 1 N–H and O–H groups in total. The lowest BCUT2D eigenvalue weighted by atomic mass is 10.3. The van der Waals surface area contributed by atoms with Crippen LogP contribution in [0.25, 0.3) is 0 Å². The molecule has 0 aliphatic rings. The molecule has 1 aromatic carbocycles. The number of aromatic nitrogens is 1. The predicted molar refractivity (Wildman–Crippen MR) is 68.6 cm³/mol. The van der Waals surface area contributed by atoms with Crippen LogP contribution in [0.2, 0.25) is 4.34 Å². The number of rotatable bonds is 3. The van der Waals surface area contributed by atoms with E-state index in [2.05, 4.69) is 26.2 Å². The number of hydrogen-bond acceptors (Lipinski definition) is 3. The fourth-order valence-electron chi connectivity index (χ4n) is 1.15. The van der Waals surface area contributed by atoms with Crippen LogP contribution in [0.4, 0.5) is 10.1 Å². The van der Waals surface area contributed by atoms with Gasteiger partial charge >= 0.3 is 0 Å². The van der Waals surface area contributed by atoms with Crippen molar-refractivity contribution in [1.82, 2.24) is 4.98 Å². The van der Waals surface area contributed by atoms with Crippen molar-refractivity contribution < 1.29 is 4.39 Å². The molecule has 0 fully saturated rings. The first-order valence-corrected chi connectivity index (χ1v) is 6.43. The SMILES string of the molecule is Fc1ccc(NCc2ncc(Cl)s2)cc1Br. The van der Waals surface area contributed by atoms with E-state index < -0.39 is 0 Å². The van der Waals surface area contributed by atoms with Gasteiger partial charge in [0.15, 0.2) is 0 Å². The summed E-state index contributed by atoms with van der Waals surface area (Å²) in [6.45, 7) is 0.579. The van der Waals surface area contributed by atoms with Crippen molar-refractivity contribution in [3.05, 3.63) is 44.0 Å². The zero-order valence-electron chi connectivity index (χ0n) is 8.01. The number of halogens is 3. The largest absolute Gasteiger partial charge is 0.378 e. The smallest absolute Gasteiger partial charge is 0.137 e. The van der Waals surface area contributed by atoms with Crippen molar-refractivity contribution >= 4 is 44.6 Å². The van der Waals surface area contributed by atoms with Gasteiger partial charge in [-0.2, -0.15) is 0 Å². The highest BCUT2D eigenvalue weighted by Crippen LogP contribution is 2.22. The predicted octanol–water partition coefficient (Wildman–Crippen LogP) is 4.31. The van der Waals surface area contributed by atoms with Gasteiger partial charge in [-0.25, -0.2) is 9.37 Å². The molecule has 0 aliphatic heterocycles. The Bertz CT molecular complexity index is 503. The highest BCUT2D eigenvalue weighted by atomic mass is 79.9. The van der Waals surface area contributed by atoms with Gasteiger partial charge in [0.2, 0.25) is 0 Å². The van der Waals surface area contributed by atoms with Crippen LogP contribution in [-0.4, -0.2) is 4.98 Å². The second-order valence-corrected chi connectivity index (χ2v) is 5.64. The summed E-state index contributed by atoms with van der Waals surface area (Å²) in [5.74, 6) is -0.275. The Kier molecular flexibility index (Phi) is 3.78. The minimum absolute atomic E-state index is 0.275. The summed E-state index contributed by atoms with van der Waals surface area (Å²) in [5, 5.41) is 4.03. The molecule has 16 heavy (non-hydrogen) atoms. The van der Waals surface area contributed by atoms with Crippen molar-refractivity contribution in [1.29, 1.82) is 0 Å². The number of benzene rings is 1. The van der Waals surface area contributed by atoms with Crippen LogP contribution < -0.4 is 5.32 Å². The van der Waals surface area contributed by atoms with Crippen LogP contribution in [0.15, 0.2) is 28.9 Å². The fraction of sp³-hybridized carbons (Fsp3) is 0.100. The van der Waals surface area contributed by atoms with E-state index in [0.29, 0.717) is 15.4 Å². The first-order chi connectivity index (χ1) is 7.65. The molecule has 0 radical (unpaired) electrons. The highest BCUT2D eigenvalue weighted by Gasteiger charge is 2.02. The first-order valence-electron chi connectivity index (χ1n) is 4.44. The van der Waals surface area contributed by atoms with Gasteiger partial charge in [0.1, 0.15) is 15.2 Å². The Hall–Kier alpha value is -0.650. The molecule has 0 saturated carbocycles. The average Bonchev–Trinajstić information content (AvgIpc) is 2.66. The minimum Gasteiger partial charge on any atom is -0.378 e. The number of hydrogen-bond donors (Lipinski definition) is 1. The summed E-state index contributed by atoms with van der Waals surface area (Å²) in [6, 6.07) is 4.76. The molecule has 0 spiro atoms. The van der Waals surface area contributed by atoms with Gasteiger partial charge < -0.3 is 5.32 Å². The quantitative estimate of drug-likeness (QED) is 0.911. The summed E-state index contributed by atoms with van der Waals surface area (Å²) >= 11 is 10.3. The summed E-state index contributed by atoms with van der Waals surface area (Å²) in [5.41, 5.74) is 0.833. The third-order valence-corrected chi connectivity index (χ3v) is 3.61. The molecular formula is C10H7BrClFN2S. The van der Waals surface area contributed by atoms with Crippen LogP contribution in [0.1, 0.15) is 5.01 Å². The van der Waals surface area contributed by atoms with Gasteiger partial charge in [-0.1, -0.05) is 11.6 Å². The highest BCUT2D eigenvalue weighted by molar-refractivity contribution is 9.10. The maximum atomic E-state index is 13.0. The standard InChI is InChI=1S/C10H7BrClFN2S/c11-7-3-6(1-2-8(7)13)14-5-10-15-4-9(12)16-10/h1-4,14H,5H2. The lowest BCUT2D eigenvalue weighted by molar-refractivity contribution is 0.621. The Morgan fingerprint density at radius 1 is 1.50 bits per heavy atom. The van der Waals surface area contributed by atoms with Crippen LogP contribution in [0, 0.1) is 5.82 Å². The summed E-state index contributed by atoms with van der Waals surface area (Å²) in [7, 11) is 0. The molecule has 2 nitrogen and oxygen atoms in total. The van der Waals surface area contributed by atoms with E-state index in [0.717, 1.165) is 10.7 Å². The molecule has 1 aromatic heterocycles. The summed E-state index contributed by atoms with van der Waals surface area (Å²) < 4.78 is 14.1. The van der Waals surface area contributed by atoms with Crippen molar-refractivity contribution in [3.8, 4) is 0 Å². The van der Waals surface area contributed by atoms with E-state index in [9.17, 15) is 4.39 Å². The molecule has 0 saturated heterocycles. The van der Waals surface area contributed by atoms with Crippen LogP contribution in [-0.2, 0) is 6.54 Å². The Morgan fingerprint density at radius 2 is 2.31 bits per heavy atom. The number of anilines is 1. The Labute approximate surface area is 110 Å². The molecule has 1 heterocycles. The Balaban J connectivity index is 2.02. The third kappa shape index (κ3) is 2.93. The fourth-order valence-corrected chi connectivity index (χ4v) is 2.43. The second kappa shape index (κ2) is 5.12. The average molecular weight is 322 g/mol. The number of nitrogens with zero attached hydrogens (tertiary/aromatic N) is 1. The van der Waals surface area contributed by atoms with E-state index >= 15 is 0 Å². The van der Waals surface area contributed by atoms with Crippen molar-refractivity contribution in [2.24, 2.45) is 0 Å². The maximum Gasteiger partial charge on any atom is 0.137 e. The topological polar surface area (TPSA) is 24.9 Å². The molecule has 6 heteroatoms. The van der Waals surface area contributed by atoms with Crippen molar-refractivity contribution in [2.45, 2.75) is 6.54 Å². The van der Waals surface area contributed by atoms with E-state index in [1.807, 2.05) is 0 Å². The molecule has 84 valence electrons. The second-order valence-electron chi connectivity index (χ2n) is 3.04. The lowest BCUT2D eigenvalue weighted by Crippen LogP contribution is -1.98. The molecule has 0 unspecified atom stereocenters. The van der Waals surface area contributed by atoms with Crippen LogP contribution >= 0.6 is 38.9 Å². The molecule has 0 bridgehead atoms. The Morgan fingerprint density at radius 3 is 2.94 bits per heavy atom. The molecule has 0 aliphatic carbocycles. The van der Waals surface area contributed by atoms with Gasteiger partial charge in [-0.15, -0.1) is 11.3 Å². The summed E-state index contributed by atoms with van der Waals surface area (Å²) in [6.07, 6.45) is 1.61. The van der Waals surface area contributed by atoms with Crippen molar-refractivity contribution in [3.63, 3.8) is 0 Å². The molecular weight excluding hydrogens is 315 g/mol. The van der Waals surface area contributed by atoms with Gasteiger partial charge in [0.25, 0.3) is 0 Å². The van der Waals surface area contributed by atoms with E-state index in [1.54, 1.807) is 18.3 Å². The molecule has 2 rings (SSSR count). The van der Waals surface area contributed by atoms with E-state index in [-0.39, 0.29) is 5.82 Å². The lowest BCUT2D eigenvalue weighted by Gasteiger charge is -2.04. The maximum absolute atomic E-state index is 13.0. The van der Waals surface area contributed by atoms with E-state index in [1.165, 1.54) is 17.4 Å². The third-order valence-electron chi connectivity index (χ3n) is 1.89. The van der Waals surface area contributed by atoms with Crippen LogP contribution in [0.5, 0.6) is 0 Å². The minimum atomic E-state index is -0.275. The molecule has 2 aromatic rings. The normalized spacial score (nSPS) is 10.4. The zero-order chi connectivity index (χ0) is 11.5. The molecule has 0 amide bonds. The first kappa shape index (κ1) is 11.8. The zero-order valence-corrected chi connectivity index (χ0v) is 11.2. The van der Waals surface area contributed by atoms with Gasteiger partial charge in [0.05, 0.1) is 17.2 Å². The molecule has 0 atom stereocenters. The summed E-state index contributed by atoms with van der Waals surface area (Å²) in [4.78, 5) is 4.11. The van der Waals surface area contributed by atoms with Gasteiger partial charge in [-0.3, -0.25) is 0 Å². The van der Waals surface area contributed by atoms with Crippen LogP contribution in [0.3, 0.4) is 0 Å². The van der Waals surface area contributed by atoms with Gasteiger partial charge in [-0.05, 0) is 34.1 Å². The number of nitrogens with one attached hydrogen (secondary N) is 1. The van der Waals surface area contributed by atoms with Gasteiger partial charge in [0, 0.05) is 5.69 Å². The number of thiazole rings is 1. The monoisotopic (exact) mass is 320 g/mol. The van der Waals surface area contributed by atoms with Crippen molar-refractivity contribution in [2.75, 3.05) is 5.32 Å².